The molecule has 0 saturated heterocycles. The molecule has 0 atom stereocenters. The van der Waals surface area contributed by atoms with Crippen molar-refractivity contribution in [2.45, 2.75) is 25.2 Å². The molecule has 1 aromatic carbocycles. The number of rotatable bonds is 6. The highest BCUT2D eigenvalue weighted by Crippen LogP contribution is 2.25. The predicted octanol–water partition coefficient (Wildman–Crippen LogP) is 3.28. The Bertz CT molecular complexity index is 929. The Hall–Kier alpha value is -1.96. The largest absolute Gasteiger partial charge is 0.348 e. The maximum Gasteiger partial charge on any atom is 0.240 e. The van der Waals surface area contributed by atoms with E-state index < -0.39 is 10.0 Å². The third kappa shape index (κ3) is 3.58. The van der Waals surface area contributed by atoms with Gasteiger partial charge in [0.05, 0.1) is 16.1 Å². The third-order valence-electron chi connectivity index (χ3n) is 3.76. The van der Waals surface area contributed by atoms with Crippen LogP contribution in [0.3, 0.4) is 0 Å². The van der Waals surface area contributed by atoms with Crippen LogP contribution in [-0.4, -0.2) is 24.9 Å². The van der Waals surface area contributed by atoms with E-state index in [1.54, 1.807) is 23.7 Å². The van der Waals surface area contributed by atoms with Crippen molar-refractivity contribution in [2.75, 3.05) is 6.54 Å². The number of aromatic nitrogens is 2. The maximum atomic E-state index is 12.5. The van der Waals surface area contributed by atoms with Crippen molar-refractivity contribution < 1.29 is 8.42 Å². The highest BCUT2D eigenvalue weighted by Gasteiger charge is 2.17. The van der Waals surface area contributed by atoms with Crippen LogP contribution in [0.5, 0.6) is 0 Å². The number of nitrogens with zero attached hydrogens (tertiary/aromatic N) is 1. The van der Waals surface area contributed by atoms with E-state index in [1.165, 1.54) is 0 Å². The first-order valence-corrected chi connectivity index (χ1v) is 9.97. The minimum atomic E-state index is -3.51. The van der Waals surface area contributed by atoms with Crippen molar-refractivity contribution in [3.8, 4) is 10.6 Å². The fourth-order valence-corrected chi connectivity index (χ4v) is 4.63. The molecule has 0 aliphatic rings. The summed E-state index contributed by atoms with van der Waals surface area (Å²) in [6.07, 6.45) is 2.19. The Morgan fingerprint density at radius 2 is 2.08 bits per heavy atom. The van der Waals surface area contributed by atoms with Crippen LogP contribution < -0.4 is 4.72 Å². The number of imidazole rings is 1. The molecule has 3 rings (SSSR count). The van der Waals surface area contributed by atoms with Crippen molar-refractivity contribution in [1.29, 1.82) is 0 Å². The Morgan fingerprint density at radius 3 is 2.79 bits per heavy atom. The average molecular weight is 361 g/mol. The van der Waals surface area contributed by atoms with Crippen molar-refractivity contribution >= 4 is 21.4 Å². The van der Waals surface area contributed by atoms with Gasteiger partial charge in [-0.3, -0.25) is 0 Å². The molecule has 0 fully saturated rings. The molecule has 0 unspecified atom stereocenters. The number of sulfonamides is 1. The van der Waals surface area contributed by atoms with Crippen molar-refractivity contribution in [2.24, 2.45) is 0 Å². The van der Waals surface area contributed by atoms with Gasteiger partial charge in [0.2, 0.25) is 10.0 Å². The van der Waals surface area contributed by atoms with Gasteiger partial charge < -0.3 is 4.98 Å². The molecular formula is C17H19N3O2S2. The molecule has 0 aliphatic carbocycles. The Balaban J connectivity index is 1.69. The lowest BCUT2D eigenvalue weighted by Gasteiger charge is -2.10. The quantitative estimate of drug-likeness (QED) is 0.707. The molecule has 7 heteroatoms. The van der Waals surface area contributed by atoms with Crippen LogP contribution in [0.4, 0.5) is 0 Å². The summed E-state index contributed by atoms with van der Waals surface area (Å²) in [5.74, 6) is 0. The molecule has 0 amide bonds. The number of benzene rings is 1. The minimum absolute atomic E-state index is 0.316. The standard InChI is InChI=1S/C17H19N3O2S2/c1-12-5-6-16(13(2)10-12)24(21,22)20-8-7-14-17(19-11-18-14)15-4-3-9-23-15/h3-6,9-11,20H,7-8H2,1-2H3,(H,18,19). The van der Waals surface area contributed by atoms with Crippen LogP contribution in [0.2, 0.25) is 0 Å². The molecule has 0 aliphatic heterocycles. The highest BCUT2D eigenvalue weighted by atomic mass is 32.2. The molecule has 0 spiro atoms. The second kappa shape index (κ2) is 6.88. The molecule has 3 aromatic rings. The van der Waals surface area contributed by atoms with E-state index in [4.69, 9.17) is 0 Å². The fraction of sp³-hybridized carbons (Fsp3) is 0.235. The highest BCUT2D eigenvalue weighted by molar-refractivity contribution is 7.89. The maximum absolute atomic E-state index is 12.5. The number of aryl methyl sites for hydroxylation is 2. The second-order valence-corrected chi connectivity index (χ2v) is 8.31. The predicted molar refractivity (Wildman–Crippen MR) is 96.7 cm³/mol. The zero-order chi connectivity index (χ0) is 17.2. The molecule has 2 aromatic heterocycles. The van der Waals surface area contributed by atoms with Gasteiger partial charge in [-0.25, -0.2) is 18.1 Å². The van der Waals surface area contributed by atoms with Gasteiger partial charge in [0.15, 0.2) is 0 Å². The first kappa shape index (κ1) is 16.9. The van der Waals surface area contributed by atoms with Gasteiger partial charge in [-0.2, -0.15) is 0 Å². The lowest BCUT2D eigenvalue weighted by molar-refractivity contribution is 0.580. The number of hydrogen-bond donors (Lipinski definition) is 2. The van der Waals surface area contributed by atoms with E-state index in [0.29, 0.717) is 17.9 Å². The first-order chi connectivity index (χ1) is 11.5. The Labute approximate surface area is 145 Å². The van der Waals surface area contributed by atoms with Gasteiger partial charge in [0.1, 0.15) is 5.69 Å². The molecule has 126 valence electrons. The monoisotopic (exact) mass is 361 g/mol. The van der Waals surface area contributed by atoms with E-state index in [2.05, 4.69) is 14.7 Å². The molecule has 2 heterocycles. The van der Waals surface area contributed by atoms with Crippen LogP contribution in [0.15, 0.2) is 46.9 Å². The fourth-order valence-electron chi connectivity index (χ4n) is 2.63. The van der Waals surface area contributed by atoms with E-state index >= 15 is 0 Å². The summed E-state index contributed by atoms with van der Waals surface area (Å²) in [7, 11) is -3.51. The molecule has 2 N–H and O–H groups in total. The third-order valence-corrected chi connectivity index (χ3v) is 6.26. The summed E-state index contributed by atoms with van der Waals surface area (Å²) in [5.41, 5.74) is 3.62. The van der Waals surface area contributed by atoms with E-state index in [-0.39, 0.29) is 0 Å². The summed E-state index contributed by atoms with van der Waals surface area (Å²) in [5, 5.41) is 2.00. The topological polar surface area (TPSA) is 74.8 Å². The number of thiophene rings is 1. The van der Waals surface area contributed by atoms with Gasteiger partial charge >= 0.3 is 0 Å². The first-order valence-electron chi connectivity index (χ1n) is 7.60. The van der Waals surface area contributed by atoms with Gasteiger partial charge in [0.25, 0.3) is 0 Å². The summed E-state index contributed by atoms with van der Waals surface area (Å²) in [4.78, 5) is 8.84. The van der Waals surface area contributed by atoms with Gasteiger partial charge in [-0.1, -0.05) is 23.8 Å². The Kier molecular flexibility index (Phi) is 4.84. The molecule has 0 bridgehead atoms. The van der Waals surface area contributed by atoms with Crippen molar-refractivity contribution in [3.63, 3.8) is 0 Å². The molecule has 24 heavy (non-hydrogen) atoms. The van der Waals surface area contributed by atoms with Crippen LogP contribution >= 0.6 is 11.3 Å². The average Bonchev–Trinajstić information content (AvgIpc) is 3.16. The number of aromatic amines is 1. The van der Waals surface area contributed by atoms with Crippen LogP contribution in [0.25, 0.3) is 10.6 Å². The summed E-state index contributed by atoms with van der Waals surface area (Å²) in [6.45, 7) is 4.07. The van der Waals surface area contributed by atoms with Crippen molar-refractivity contribution in [3.05, 3.63) is 58.9 Å². The van der Waals surface area contributed by atoms with Crippen LogP contribution in [-0.2, 0) is 16.4 Å². The number of hydrogen-bond acceptors (Lipinski definition) is 4. The SMILES string of the molecule is Cc1ccc(S(=O)(=O)NCCc2[nH]cnc2-c2cccs2)c(C)c1. The van der Waals surface area contributed by atoms with Gasteiger partial charge in [-0.05, 0) is 36.9 Å². The molecule has 5 nitrogen and oxygen atoms in total. The normalized spacial score (nSPS) is 11.8. The zero-order valence-corrected chi connectivity index (χ0v) is 15.2. The minimum Gasteiger partial charge on any atom is -0.348 e. The van der Waals surface area contributed by atoms with Crippen LogP contribution in [0.1, 0.15) is 16.8 Å². The number of H-pyrrole nitrogens is 1. The molecule has 0 saturated carbocycles. The van der Waals surface area contributed by atoms with Gasteiger partial charge in [-0.15, -0.1) is 11.3 Å². The smallest absolute Gasteiger partial charge is 0.240 e. The molecular weight excluding hydrogens is 342 g/mol. The summed E-state index contributed by atoms with van der Waals surface area (Å²) in [6, 6.07) is 9.31. The van der Waals surface area contributed by atoms with E-state index in [1.807, 2.05) is 43.5 Å². The summed E-state index contributed by atoms with van der Waals surface area (Å²) < 4.78 is 27.6. The lowest BCUT2D eigenvalue weighted by atomic mass is 10.2. The summed E-state index contributed by atoms with van der Waals surface area (Å²) >= 11 is 1.61. The lowest BCUT2D eigenvalue weighted by Crippen LogP contribution is -2.26. The second-order valence-electron chi connectivity index (χ2n) is 5.62. The van der Waals surface area contributed by atoms with Crippen LogP contribution in [0, 0.1) is 13.8 Å². The number of nitrogens with one attached hydrogen (secondary N) is 2. The van der Waals surface area contributed by atoms with Gasteiger partial charge in [0, 0.05) is 18.7 Å². The van der Waals surface area contributed by atoms with E-state index in [9.17, 15) is 8.42 Å². The van der Waals surface area contributed by atoms with Crippen molar-refractivity contribution in [1.82, 2.24) is 14.7 Å². The molecule has 0 radical (unpaired) electrons. The van der Waals surface area contributed by atoms with E-state index in [0.717, 1.165) is 27.4 Å². The Morgan fingerprint density at radius 1 is 1.25 bits per heavy atom. The zero-order valence-electron chi connectivity index (χ0n) is 13.5.